The highest BCUT2D eigenvalue weighted by Crippen LogP contribution is 2.56. The molecule has 3 heteroatoms. The van der Waals surface area contributed by atoms with Crippen LogP contribution in [-0.2, 0) is 0 Å². The Hall–Kier alpha value is -1.38. The van der Waals surface area contributed by atoms with E-state index >= 15 is 0 Å². The number of amides is 1. The van der Waals surface area contributed by atoms with Gasteiger partial charge in [0.25, 0.3) is 5.91 Å². The summed E-state index contributed by atoms with van der Waals surface area (Å²) < 4.78 is 0. The van der Waals surface area contributed by atoms with E-state index in [1.807, 2.05) is 19.9 Å². The van der Waals surface area contributed by atoms with Crippen LogP contribution in [0.25, 0.3) is 0 Å². The van der Waals surface area contributed by atoms with E-state index in [1.54, 1.807) is 18.5 Å². The first-order chi connectivity index (χ1) is 9.11. The number of rotatable bonds is 2. The van der Waals surface area contributed by atoms with E-state index in [0.717, 1.165) is 19.3 Å². The van der Waals surface area contributed by atoms with E-state index in [-0.39, 0.29) is 11.4 Å². The lowest BCUT2D eigenvalue weighted by molar-refractivity contribution is 0.0900. The van der Waals surface area contributed by atoms with Crippen molar-refractivity contribution in [2.45, 2.75) is 58.4 Å². The molecule has 2 fully saturated rings. The first kappa shape index (κ1) is 14.0. The van der Waals surface area contributed by atoms with Gasteiger partial charge in [-0.1, -0.05) is 20.8 Å². The Balaban J connectivity index is 0.000000637. The lowest BCUT2D eigenvalue weighted by atomic mass is 9.86. The van der Waals surface area contributed by atoms with Crippen LogP contribution in [0.2, 0.25) is 0 Å². The molecule has 104 valence electrons. The number of nitrogens with zero attached hydrogens (tertiary/aromatic N) is 1. The molecule has 2 saturated carbocycles. The zero-order chi connectivity index (χ0) is 13.9. The molecule has 3 nitrogen and oxygen atoms in total. The fourth-order valence-electron chi connectivity index (χ4n) is 3.48. The van der Waals surface area contributed by atoms with Gasteiger partial charge in [0.15, 0.2) is 0 Å². The van der Waals surface area contributed by atoms with Crippen molar-refractivity contribution >= 4 is 5.91 Å². The molecule has 1 aromatic heterocycles. The zero-order valence-electron chi connectivity index (χ0n) is 12.2. The number of carbonyl (C=O) groups excluding carboxylic acids is 1. The predicted molar refractivity (Wildman–Crippen MR) is 77.0 cm³/mol. The third kappa shape index (κ3) is 2.80. The smallest absolute Gasteiger partial charge is 0.253 e. The average molecular weight is 260 g/mol. The normalized spacial score (nSPS) is 31.5. The third-order valence-electron chi connectivity index (χ3n) is 4.48. The fraction of sp³-hybridized carbons (Fsp3) is 0.625. The monoisotopic (exact) mass is 260 g/mol. The number of nitrogens with one attached hydrogen (secondary N) is 1. The summed E-state index contributed by atoms with van der Waals surface area (Å²) in [5, 5.41) is 3.25. The molecule has 0 saturated heterocycles. The number of carbonyl (C=O) groups is 1. The highest BCUT2D eigenvalue weighted by molar-refractivity contribution is 5.94. The Kier molecular flexibility index (Phi) is 3.93. The van der Waals surface area contributed by atoms with Gasteiger partial charge in [0.2, 0.25) is 0 Å². The molecule has 0 spiro atoms. The molecular formula is C16H24N2O. The van der Waals surface area contributed by atoms with E-state index in [9.17, 15) is 4.79 Å². The molecule has 2 aliphatic rings. The quantitative estimate of drug-likeness (QED) is 0.883. The summed E-state index contributed by atoms with van der Waals surface area (Å²) in [5.74, 6) is 0.0317. The van der Waals surface area contributed by atoms with Crippen molar-refractivity contribution in [3.63, 3.8) is 0 Å². The second-order valence-electron chi connectivity index (χ2n) is 5.96. The van der Waals surface area contributed by atoms with Gasteiger partial charge < -0.3 is 5.32 Å². The maximum atomic E-state index is 12.1. The highest BCUT2D eigenvalue weighted by Gasteiger charge is 2.52. The summed E-state index contributed by atoms with van der Waals surface area (Å²) >= 11 is 0. The number of hydrogen-bond acceptors (Lipinski definition) is 2. The Morgan fingerprint density at radius 2 is 1.95 bits per heavy atom. The predicted octanol–water partition coefficient (Wildman–Crippen LogP) is 3.56. The third-order valence-corrected chi connectivity index (χ3v) is 4.48. The maximum Gasteiger partial charge on any atom is 0.253 e. The van der Waals surface area contributed by atoms with Gasteiger partial charge in [0, 0.05) is 17.9 Å². The van der Waals surface area contributed by atoms with Crippen molar-refractivity contribution in [2.24, 2.45) is 5.41 Å². The van der Waals surface area contributed by atoms with Gasteiger partial charge in [-0.15, -0.1) is 0 Å². The number of hydrogen-bond donors (Lipinski definition) is 1. The molecule has 0 atom stereocenters. The molecule has 2 bridgehead atoms. The summed E-state index contributed by atoms with van der Waals surface area (Å²) in [6.07, 6.45) is 9.24. The number of aromatic nitrogens is 1. The lowest BCUT2D eigenvalue weighted by Crippen LogP contribution is -2.45. The Labute approximate surface area is 115 Å². The van der Waals surface area contributed by atoms with Crippen LogP contribution in [0.4, 0.5) is 0 Å². The SMILES string of the molecule is CC.CC12CCC(NC(=O)c3cccnc3)(CC1)C2. The van der Waals surface area contributed by atoms with Gasteiger partial charge in [0.1, 0.15) is 0 Å². The molecule has 0 aromatic carbocycles. The van der Waals surface area contributed by atoms with Crippen LogP contribution in [0.5, 0.6) is 0 Å². The van der Waals surface area contributed by atoms with Crippen molar-refractivity contribution in [1.29, 1.82) is 0 Å². The van der Waals surface area contributed by atoms with Gasteiger partial charge in [-0.25, -0.2) is 0 Å². The van der Waals surface area contributed by atoms with E-state index < -0.39 is 0 Å². The first-order valence-corrected chi connectivity index (χ1v) is 7.34. The van der Waals surface area contributed by atoms with Gasteiger partial charge in [0.05, 0.1) is 5.56 Å². The average Bonchev–Trinajstić information content (AvgIpc) is 2.95. The van der Waals surface area contributed by atoms with Crippen molar-refractivity contribution in [3.8, 4) is 0 Å². The van der Waals surface area contributed by atoms with Crippen LogP contribution in [0.1, 0.15) is 63.2 Å². The van der Waals surface area contributed by atoms with Crippen molar-refractivity contribution in [2.75, 3.05) is 0 Å². The molecule has 0 aliphatic heterocycles. The minimum atomic E-state index is 0.0317. The second kappa shape index (κ2) is 5.32. The molecule has 19 heavy (non-hydrogen) atoms. The van der Waals surface area contributed by atoms with Crippen LogP contribution >= 0.6 is 0 Å². The largest absolute Gasteiger partial charge is 0.347 e. The van der Waals surface area contributed by atoms with Crippen LogP contribution in [0.3, 0.4) is 0 Å². The molecule has 0 unspecified atom stereocenters. The number of fused-ring (bicyclic) bond motifs is 2. The van der Waals surface area contributed by atoms with Crippen molar-refractivity contribution in [3.05, 3.63) is 30.1 Å². The van der Waals surface area contributed by atoms with Crippen LogP contribution < -0.4 is 5.32 Å². The van der Waals surface area contributed by atoms with Crippen LogP contribution in [0.15, 0.2) is 24.5 Å². The van der Waals surface area contributed by atoms with E-state index in [4.69, 9.17) is 0 Å². The zero-order valence-corrected chi connectivity index (χ0v) is 12.2. The van der Waals surface area contributed by atoms with Crippen molar-refractivity contribution in [1.82, 2.24) is 10.3 Å². The molecular weight excluding hydrogens is 236 g/mol. The lowest BCUT2D eigenvalue weighted by Gasteiger charge is -2.28. The highest BCUT2D eigenvalue weighted by atomic mass is 16.1. The molecule has 3 rings (SSSR count). The molecule has 2 aliphatic carbocycles. The molecule has 1 N–H and O–H groups in total. The van der Waals surface area contributed by atoms with E-state index in [1.165, 1.54) is 12.8 Å². The van der Waals surface area contributed by atoms with Gasteiger partial charge >= 0.3 is 0 Å². The van der Waals surface area contributed by atoms with E-state index in [2.05, 4.69) is 17.2 Å². The van der Waals surface area contributed by atoms with Crippen molar-refractivity contribution < 1.29 is 4.79 Å². The van der Waals surface area contributed by atoms with Gasteiger partial charge in [-0.2, -0.15) is 0 Å². The molecule has 0 radical (unpaired) electrons. The Morgan fingerprint density at radius 3 is 2.42 bits per heavy atom. The number of pyridine rings is 1. The molecule has 1 aromatic rings. The summed E-state index contributed by atoms with van der Waals surface area (Å²) in [5.41, 5.74) is 1.21. The summed E-state index contributed by atoms with van der Waals surface area (Å²) in [4.78, 5) is 16.1. The fourth-order valence-corrected chi connectivity index (χ4v) is 3.48. The topological polar surface area (TPSA) is 42.0 Å². The standard InChI is InChI=1S/C14H18N2O.C2H6/c1-13-4-6-14(10-13,7-5-13)16-12(17)11-3-2-8-15-9-11;1-2/h2-3,8-9H,4-7,10H2,1H3,(H,16,17);1-2H3. The minimum Gasteiger partial charge on any atom is -0.347 e. The maximum absolute atomic E-state index is 12.1. The van der Waals surface area contributed by atoms with Gasteiger partial charge in [-0.3, -0.25) is 9.78 Å². The molecule has 1 amide bonds. The first-order valence-electron chi connectivity index (χ1n) is 7.34. The van der Waals surface area contributed by atoms with Crippen LogP contribution in [0, 0.1) is 5.41 Å². The summed E-state index contributed by atoms with van der Waals surface area (Å²) in [6.45, 7) is 6.35. The molecule has 1 heterocycles. The Morgan fingerprint density at radius 1 is 1.26 bits per heavy atom. The van der Waals surface area contributed by atoms with Crippen LogP contribution in [-0.4, -0.2) is 16.4 Å². The summed E-state index contributed by atoms with van der Waals surface area (Å²) in [7, 11) is 0. The summed E-state index contributed by atoms with van der Waals surface area (Å²) in [6, 6.07) is 3.63. The second-order valence-corrected chi connectivity index (χ2v) is 5.96. The minimum absolute atomic E-state index is 0.0317. The van der Waals surface area contributed by atoms with E-state index in [0.29, 0.717) is 11.0 Å². The Bertz CT molecular complexity index is 433. The van der Waals surface area contributed by atoms with Gasteiger partial charge in [-0.05, 0) is 49.7 Å².